The molecule has 0 bridgehead atoms. The average Bonchev–Trinajstić information content (AvgIpc) is 1.78. The highest BCUT2D eigenvalue weighted by Crippen LogP contribution is 2.34. The summed E-state index contributed by atoms with van der Waals surface area (Å²) in [5, 5.41) is 0. The van der Waals surface area contributed by atoms with E-state index in [9.17, 15) is 0 Å². The largest absolute Gasteiger partial charge is 0.367 e. The Bertz CT molecular complexity index is 96.8. The molecule has 0 saturated heterocycles. The minimum atomic E-state index is 0.338. The van der Waals surface area contributed by atoms with Crippen LogP contribution in [0.3, 0.4) is 0 Å². The van der Waals surface area contributed by atoms with Gasteiger partial charge in [-0.15, -0.1) is 0 Å². The second-order valence-corrected chi connectivity index (χ2v) is 6.72. The van der Waals surface area contributed by atoms with Crippen molar-refractivity contribution in [2.75, 3.05) is 5.94 Å². The molecule has 0 aromatic carbocycles. The zero-order valence-electron chi connectivity index (χ0n) is 8.01. The SMILES string of the molecule is CC(C)OCSSC(C)(C)C. The van der Waals surface area contributed by atoms with Crippen molar-refractivity contribution >= 4 is 21.6 Å². The van der Waals surface area contributed by atoms with E-state index in [0.29, 0.717) is 10.9 Å². The molecule has 0 aliphatic heterocycles. The van der Waals surface area contributed by atoms with Crippen molar-refractivity contribution in [1.29, 1.82) is 0 Å². The topological polar surface area (TPSA) is 9.23 Å². The van der Waals surface area contributed by atoms with Gasteiger partial charge in [0.2, 0.25) is 0 Å². The van der Waals surface area contributed by atoms with Crippen molar-refractivity contribution in [3.8, 4) is 0 Å². The molecule has 0 spiro atoms. The maximum absolute atomic E-state index is 5.38. The second-order valence-electron chi connectivity index (χ2n) is 3.65. The summed E-state index contributed by atoms with van der Waals surface area (Å²) in [5.41, 5.74) is 0. The van der Waals surface area contributed by atoms with Crippen LogP contribution in [0, 0.1) is 0 Å². The van der Waals surface area contributed by atoms with E-state index in [1.54, 1.807) is 10.8 Å². The number of rotatable bonds is 4. The molecule has 0 rings (SSSR count). The van der Waals surface area contributed by atoms with Crippen molar-refractivity contribution in [1.82, 2.24) is 0 Å². The van der Waals surface area contributed by atoms with Crippen LogP contribution in [0.1, 0.15) is 34.6 Å². The van der Waals surface area contributed by atoms with Gasteiger partial charge in [0.1, 0.15) is 5.94 Å². The fraction of sp³-hybridized carbons (Fsp3) is 1.00. The first-order valence-corrected chi connectivity index (χ1v) is 6.16. The summed E-state index contributed by atoms with van der Waals surface area (Å²) < 4.78 is 5.72. The van der Waals surface area contributed by atoms with Crippen LogP contribution in [0.25, 0.3) is 0 Å². The standard InChI is InChI=1S/C8H18OS2/c1-7(2)9-6-10-11-8(3,4)5/h7H,6H2,1-5H3. The molecule has 0 atom stereocenters. The minimum Gasteiger partial charge on any atom is -0.367 e. The fourth-order valence-corrected chi connectivity index (χ4v) is 2.47. The molecule has 0 radical (unpaired) electrons. The van der Waals surface area contributed by atoms with E-state index in [1.807, 2.05) is 10.8 Å². The smallest absolute Gasteiger partial charge is 0.103 e. The van der Waals surface area contributed by atoms with Crippen LogP contribution in [0.4, 0.5) is 0 Å². The van der Waals surface area contributed by atoms with Gasteiger partial charge in [0.05, 0.1) is 6.10 Å². The van der Waals surface area contributed by atoms with Crippen LogP contribution in [0.15, 0.2) is 0 Å². The van der Waals surface area contributed by atoms with E-state index in [1.165, 1.54) is 0 Å². The molecule has 0 fully saturated rings. The highest BCUT2D eigenvalue weighted by Gasteiger charge is 2.10. The van der Waals surface area contributed by atoms with E-state index in [-0.39, 0.29) is 0 Å². The molecule has 0 heterocycles. The Morgan fingerprint density at radius 1 is 1.27 bits per heavy atom. The van der Waals surface area contributed by atoms with Crippen LogP contribution in [0.2, 0.25) is 0 Å². The second kappa shape index (κ2) is 5.33. The Balaban J connectivity index is 3.15. The van der Waals surface area contributed by atoms with Gasteiger partial charge in [0.15, 0.2) is 0 Å². The van der Waals surface area contributed by atoms with Gasteiger partial charge in [-0.05, 0) is 13.8 Å². The zero-order chi connectivity index (χ0) is 8.91. The van der Waals surface area contributed by atoms with E-state index in [0.717, 1.165) is 5.94 Å². The van der Waals surface area contributed by atoms with Gasteiger partial charge < -0.3 is 4.74 Å². The maximum Gasteiger partial charge on any atom is 0.103 e. The molecule has 11 heavy (non-hydrogen) atoms. The molecule has 0 amide bonds. The lowest BCUT2D eigenvalue weighted by Gasteiger charge is -2.16. The van der Waals surface area contributed by atoms with Gasteiger partial charge in [0.25, 0.3) is 0 Å². The molecule has 0 aromatic rings. The summed E-state index contributed by atoms with van der Waals surface area (Å²) >= 11 is 0. The lowest BCUT2D eigenvalue weighted by molar-refractivity contribution is 0.121. The highest BCUT2D eigenvalue weighted by atomic mass is 33.1. The summed E-state index contributed by atoms with van der Waals surface area (Å²) in [6.07, 6.45) is 0.350. The summed E-state index contributed by atoms with van der Waals surface area (Å²) in [4.78, 5) is 0. The van der Waals surface area contributed by atoms with Gasteiger partial charge in [-0.1, -0.05) is 42.4 Å². The minimum absolute atomic E-state index is 0.338. The molecule has 1 nitrogen and oxygen atoms in total. The van der Waals surface area contributed by atoms with Gasteiger partial charge in [-0.3, -0.25) is 0 Å². The molecule has 0 aliphatic carbocycles. The maximum atomic E-state index is 5.38. The van der Waals surface area contributed by atoms with Gasteiger partial charge in [-0.2, -0.15) is 0 Å². The third-order valence-corrected chi connectivity index (χ3v) is 3.75. The van der Waals surface area contributed by atoms with E-state index in [2.05, 4.69) is 34.6 Å². The van der Waals surface area contributed by atoms with Gasteiger partial charge >= 0.3 is 0 Å². The van der Waals surface area contributed by atoms with Crippen LogP contribution in [0.5, 0.6) is 0 Å². The molecule has 0 unspecified atom stereocenters. The molecule has 68 valence electrons. The zero-order valence-corrected chi connectivity index (χ0v) is 9.64. The summed E-state index contributed by atoms with van der Waals surface area (Å²) in [5.74, 6) is 0.791. The predicted octanol–water partition coefficient (Wildman–Crippen LogP) is 3.55. The Morgan fingerprint density at radius 2 is 1.82 bits per heavy atom. The van der Waals surface area contributed by atoms with Gasteiger partial charge in [0, 0.05) is 4.75 Å². The van der Waals surface area contributed by atoms with Crippen LogP contribution >= 0.6 is 21.6 Å². The Kier molecular flexibility index (Phi) is 5.65. The van der Waals surface area contributed by atoms with E-state index >= 15 is 0 Å². The molecule has 0 N–H and O–H groups in total. The molecule has 3 heteroatoms. The van der Waals surface area contributed by atoms with E-state index < -0.39 is 0 Å². The number of hydrogen-bond donors (Lipinski definition) is 0. The van der Waals surface area contributed by atoms with Crippen molar-refractivity contribution < 1.29 is 4.74 Å². The average molecular weight is 194 g/mol. The third-order valence-electron chi connectivity index (χ3n) is 0.758. The summed E-state index contributed by atoms with van der Waals surface area (Å²) in [6.45, 7) is 10.7. The quantitative estimate of drug-likeness (QED) is 0.385. The Morgan fingerprint density at radius 3 is 2.18 bits per heavy atom. The van der Waals surface area contributed by atoms with Gasteiger partial charge in [-0.25, -0.2) is 0 Å². The van der Waals surface area contributed by atoms with Crippen LogP contribution in [-0.4, -0.2) is 16.8 Å². The normalized spacial score (nSPS) is 12.5. The Hall–Kier alpha value is 0.660. The molecule has 0 saturated carbocycles. The van der Waals surface area contributed by atoms with Crippen molar-refractivity contribution in [3.63, 3.8) is 0 Å². The first-order chi connectivity index (χ1) is 4.92. The van der Waals surface area contributed by atoms with Crippen LogP contribution < -0.4 is 0 Å². The summed E-state index contributed by atoms with van der Waals surface area (Å²) in [6, 6.07) is 0. The Labute approximate surface area is 78.1 Å². The van der Waals surface area contributed by atoms with Crippen molar-refractivity contribution in [3.05, 3.63) is 0 Å². The number of hydrogen-bond acceptors (Lipinski definition) is 3. The van der Waals surface area contributed by atoms with Crippen LogP contribution in [-0.2, 0) is 4.74 Å². The first kappa shape index (κ1) is 11.7. The summed E-state index contributed by atoms with van der Waals surface area (Å²) in [7, 11) is 3.65. The molecule has 0 aliphatic rings. The monoisotopic (exact) mass is 194 g/mol. The van der Waals surface area contributed by atoms with Crippen molar-refractivity contribution in [2.45, 2.75) is 45.5 Å². The number of ether oxygens (including phenoxy) is 1. The molecule has 0 aromatic heterocycles. The fourth-order valence-electron chi connectivity index (χ4n) is 0.365. The lowest BCUT2D eigenvalue weighted by atomic mass is 10.3. The predicted molar refractivity (Wildman–Crippen MR) is 56.0 cm³/mol. The highest BCUT2D eigenvalue weighted by molar-refractivity contribution is 8.77. The lowest BCUT2D eigenvalue weighted by Crippen LogP contribution is -2.06. The third kappa shape index (κ3) is 10.7. The first-order valence-electron chi connectivity index (χ1n) is 3.84. The van der Waals surface area contributed by atoms with Crippen molar-refractivity contribution in [2.24, 2.45) is 0 Å². The molecular weight excluding hydrogens is 176 g/mol. The van der Waals surface area contributed by atoms with E-state index in [4.69, 9.17) is 4.74 Å². The molecular formula is C8H18OS2.